The summed E-state index contributed by atoms with van der Waals surface area (Å²) in [6.07, 6.45) is 1.95. The molecule has 7 nitrogen and oxygen atoms in total. The van der Waals surface area contributed by atoms with Gasteiger partial charge in [-0.25, -0.2) is 4.79 Å². The molecule has 0 radical (unpaired) electrons. The Morgan fingerprint density at radius 1 is 1.29 bits per heavy atom. The molecule has 2 rings (SSSR count). The van der Waals surface area contributed by atoms with E-state index in [9.17, 15) is 14.4 Å². The van der Waals surface area contributed by atoms with E-state index >= 15 is 0 Å². The number of hydrogen-bond donors (Lipinski definition) is 3. The average molecular weight is 311 g/mol. The Kier molecular flexibility index (Phi) is 5.15. The smallest absolute Gasteiger partial charge is 0.322 e. The maximum atomic E-state index is 12.1. The monoisotopic (exact) mass is 311 g/mol. The first-order chi connectivity index (χ1) is 10.1. The zero-order valence-electron chi connectivity index (χ0n) is 11.4. The van der Waals surface area contributed by atoms with E-state index < -0.39 is 18.4 Å². The van der Waals surface area contributed by atoms with Crippen LogP contribution in [0.15, 0.2) is 16.8 Å². The molecular formula is C13H17N3O4S. The zero-order chi connectivity index (χ0) is 15.2. The van der Waals surface area contributed by atoms with E-state index in [-0.39, 0.29) is 18.6 Å². The van der Waals surface area contributed by atoms with Crippen molar-refractivity contribution >= 4 is 29.2 Å². The van der Waals surface area contributed by atoms with Crippen LogP contribution >= 0.6 is 11.3 Å². The van der Waals surface area contributed by atoms with Crippen LogP contribution in [0.5, 0.6) is 0 Å². The molecule has 21 heavy (non-hydrogen) atoms. The number of rotatable bonds is 7. The molecule has 1 aliphatic carbocycles. The number of carbonyl (C=O) groups excluding carboxylic acids is 2. The number of thiophene rings is 1. The first kappa shape index (κ1) is 15.3. The van der Waals surface area contributed by atoms with Crippen LogP contribution < -0.4 is 10.6 Å². The van der Waals surface area contributed by atoms with Gasteiger partial charge in [-0.3, -0.25) is 9.59 Å². The molecule has 0 aliphatic heterocycles. The summed E-state index contributed by atoms with van der Waals surface area (Å²) < 4.78 is 0. The maximum Gasteiger partial charge on any atom is 0.322 e. The molecular weight excluding hydrogens is 294 g/mol. The first-order valence-corrected chi connectivity index (χ1v) is 7.54. The minimum atomic E-state index is -1.12. The van der Waals surface area contributed by atoms with E-state index in [1.165, 1.54) is 0 Å². The molecule has 1 aliphatic rings. The lowest BCUT2D eigenvalue weighted by atomic mass is 10.3. The third-order valence-corrected chi connectivity index (χ3v) is 3.75. The second-order valence-corrected chi connectivity index (χ2v) is 5.60. The van der Waals surface area contributed by atoms with Crippen molar-refractivity contribution in [3.8, 4) is 0 Å². The minimum absolute atomic E-state index is 0.223. The number of urea groups is 1. The normalized spacial score (nSPS) is 13.5. The predicted octanol–water partition coefficient (Wildman–Crippen LogP) is 0.623. The van der Waals surface area contributed by atoms with Gasteiger partial charge in [0, 0.05) is 12.6 Å². The summed E-state index contributed by atoms with van der Waals surface area (Å²) in [5, 5.41) is 17.1. The molecule has 8 heteroatoms. The number of nitrogens with one attached hydrogen (secondary N) is 2. The van der Waals surface area contributed by atoms with E-state index in [1.54, 1.807) is 16.2 Å². The van der Waals surface area contributed by atoms with Crippen molar-refractivity contribution in [3.05, 3.63) is 22.4 Å². The lowest BCUT2D eigenvalue weighted by molar-refractivity contribution is -0.137. The van der Waals surface area contributed by atoms with Crippen molar-refractivity contribution in [1.29, 1.82) is 0 Å². The van der Waals surface area contributed by atoms with Crippen LogP contribution in [0.1, 0.15) is 18.4 Å². The molecule has 3 amide bonds. The van der Waals surface area contributed by atoms with E-state index in [1.807, 2.05) is 16.8 Å². The maximum absolute atomic E-state index is 12.1. The largest absolute Gasteiger partial charge is 0.480 e. The molecule has 114 valence electrons. The Balaban J connectivity index is 1.79. The van der Waals surface area contributed by atoms with Gasteiger partial charge in [0.25, 0.3) is 0 Å². The molecule has 1 aromatic rings. The van der Waals surface area contributed by atoms with Crippen molar-refractivity contribution in [2.75, 3.05) is 13.1 Å². The average Bonchev–Trinajstić information content (AvgIpc) is 3.16. The molecule has 0 bridgehead atoms. The molecule has 1 saturated carbocycles. The highest BCUT2D eigenvalue weighted by atomic mass is 32.1. The van der Waals surface area contributed by atoms with Gasteiger partial charge in [-0.1, -0.05) is 0 Å². The highest BCUT2D eigenvalue weighted by Crippen LogP contribution is 2.28. The van der Waals surface area contributed by atoms with Gasteiger partial charge in [0.2, 0.25) is 5.91 Å². The summed E-state index contributed by atoms with van der Waals surface area (Å²) in [5.41, 5.74) is 1.07. The fourth-order valence-corrected chi connectivity index (χ4v) is 2.49. The molecule has 0 unspecified atom stereocenters. The second-order valence-electron chi connectivity index (χ2n) is 4.82. The van der Waals surface area contributed by atoms with Crippen LogP contribution in [0.3, 0.4) is 0 Å². The standard InChI is InChI=1S/C13H17N3O4S/c17-11(14-6-12(18)19)5-15-13(20)16(10-1-2-10)7-9-3-4-21-8-9/h3-4,8,10H,1-2,5-7H2,(H,14,17)(H,15,20)(H,18,19). The van der Waals surface area contributed by atoms with Crippen molar-refractivity contribution in [3.63, 3.8) is 0 Å². The van der Waals surface area contributed by atoms with Crippen molar-refractivity contribution in [1.82, 2.24) is 15.5 Å². The highest BCUT2D eigenvalue weighted by Gasteiger charge is 2.32. The number of aliphatic carboxylic acids is 1. The van der Waals surface area contributed by atoms with Crippen molar-refractivity contribution in [2.45, 2.75) is 25.4 Å². The van der Waals surface area contributed by atoms with Gasteiger partial charge in [-0.05, 0) is 35.2 Å². The summed E-state index contributed by atoms with van der Waals surface area (Å²) in [7, 11) is 0. The second kappa shape index (κ2) is 7.07. The lowest BCUT2D eigenvalue weighted by Gasteiger charge is -2.22. The van der Waals surface area contributed by atoms with E-state index in [2.05, 4.69) is 10.6 Å². The molecule has 1 aromatic heterocycles. The van der Waals surface area contributed by atoms with E-state index in [0.29, 0.717) is 6.54 Å². The molecule has 0 spiro atoms. The van der Waals surface area contributed by atoms with Crippen LogP contribution in [0.25, 0.3) is 0 Å². The van der Waals surface area contributed by atoms with Crippen molar-refractivity contribution < 1.29 is 19.5 Å². The third-order valence-electron chi connectivity index (χ3n) is 3.02. The lowest BCUT2D eigenvalue weighted by Crippen LogP contribution is -2.45. The Morgan fingerprint density at radius 2 is 2.05 bits per heavy atom. The number of amides is 3. The van der Waals surface area contributed by atoms with Crippen LogP contribution in [-0.4, -0.2) is 47.0 Å². The van der Waals surface area contributed by atoms with Gasteiger partial charge in [-0.15, -0.1) is 0 Å². The summed E-state index contributed by atoms with van der Waals surface area (Å²) in [6, 6.07) is 1.90. The van der Waals surface area contributed by atoms with Gasteiger partial charge in [0.15, 0.2) is 0 Å². The molecule has 0 aromatic carbocycles. The minimum Gasteiger partial charge on any atom is -0.480 e. The number of nitrogens with zero attached hydrogens (tertiary/aromatic N) is 1. The van der Waals surface area contributed by atoms with E-state index in [4.69, 9.17) is 5.11 Å². The number of carbonyl (C=O) groups is 3. The fraction of sp³-hybridized carbons (Fsp3) is 0.462. The van der Waals surface area contributed by atoms with Crippen LogP contribution in [0.2, 0.25) is 0 Å². The van der Waals surface area contributed by atoms with Gasteiger partial charge in [-0.2, -0.15) is 11.3 Å². The quantitative estimate of drug-likeness (QED) is 0.687. The fourth-order valence-electron chi connectivity index (χ4n) is 1.83. The van der Waals surface area contributed by atoms with Crippen LogP contribution in [0, 0.1) is 0 Å². The third kappa shape index (κ3) is 5.07. The number of carboxylic acid groups (broad SMARTS) is 1. The summed E-state index contributed by atoms with van der Waals surface area (Å²) in [5.74, 6) is -1.64. The summed E-state index contributed by atoms with van der Waals surface area (Å²) in [4.78, 5) is 35.5. The summed E-state index contributed by atoms with van der Waals surface area (Å²) in [6.45, 7) is -0.147. The molecule has 1 fully saturated rings. The number of hydrogen-bond acceptors (Lipinski definition) is 4. The Bertz CT molecular complexity index is 513. The number of carboxylic acids is 1. The van der Waals surface area contributed by atoms with Gasteiger partial charge in [0.05, 0.1) is 6.54 Å². The topological polar surface area (TPSA) is 98.7 Å². The Morgan fingerprint density at radius 3 is 2.62 bits per heavy atom. The van der Waals surface area contributed by atoms with Crippen molar-refractivity contribution in [2.24, 2.45) is 0 Å². The first-order valence-electron chi connectivity index (χ1n) is 6.60. The zero-order valence-corrected chi connectivity index (χ0v) is 12.2. The molecule has 3 N–H and O–H groups in total. The van der Waals surface area contributed by atoms with Crippen LogP contribution in [0.4, 0.5) is 4.79 Å². The highest BCUT2D eigenvalue weighted by molar-refractivity contribution is 7.07. The SMILES string of the molecule is O=C(O)CNC(=O)CNC(=O)N(Cc1ccsc1)C1CC1. The van der Waals surface area contributed by atoms with Crippen LogP contribution in [-0.2, 0) is 16.1 Å². The Labute approximate surface area is 125 Å². The van der Waals surface area contributed by atoms with E-state index in [0.717, 1.165) is 18.4 Å². The molecule has 1 heterocycles. The van der Waals surface area contributed by atoms with Gasteiger partial charge in [0.1, 0.15) is 6.54 Å². The molecule has 0 atom stereocenters. The Hall–Kier alpha value is -2.09. The summed E-state index contributed by atoms with van der Waals surface area (Å²) >= 11 is 1.57. The molecule has 0 saturated heterocycles. The predicted molar refractivity (Wildman–Crippen MR) is 76.9 cm³/mol. The van der Waals surface area contributed by atoms with Gasteiger partial charge < -0.3 is 20.6 Å². The van der Waals surface area contributed by atoms with Gasteiger partial charge >= 0.3 is 12.0 Å².